The minimum absolute atomic E-state index is 0.00961. The van der Waals surface area contributed by atoms with Crippen molar-refractivity contribution in [3.05, 3.63) is 58.4 Å². The fraction of sp³-hybridized carbons (Fsp3) is 0.0667. The summed E-state index contributed by atoms with van der Waals surface area (Å²) in [7, 11) is 1.15. The number of aromatic carboxylic acids is 1. The van der Waals surface area contributed by atoms with Crippen molar-refractivity contribution in [2.75, 3.05) is 7.11 Å². The molecule has 0 aliphatic carbocycles. The first kappa shape index (κ1) is 15.0. The molecule has 0 spiro atoms. The summed E-state index contributed by atoms with van der Waals surface area (Å²) in [6, 6.07) is 7.96. The zero-order chi connectivity index (χ0) is 15.6. The second-order valence-corrected chi connectivity index (χ2v) is 4.62. The second-order valence-electron chi connectivity index (χ2n) is 4.18. The van der Waals surface area contributed by atoms with Gasteiger partial charge in [0.1, 0.15) is 5.82 Å². The number of methoxy groups -OCH3 is 1. The highest BCUT2D eigenvalue weighted by Crippen LogP contribution is 2.28. The molecule has 0 unspecified atom stereocenters. The summed E-state index contributed by atoms with van der Waals surface area (Å²) in [5.74, 6) is -2.75. The number of carbonyl (C=O) groups excluding carboxylic acids is 1. The lowest BCUT2D eigenvalue weighted by molar-refractivity contribution is 0.0594. The Morgan fingerprint density at radius 3 is 2.38 bits per heavy atom. The first-order valence-corrected chi connectivity index (χ1v) is 6.23. The summed E-state index contributed by atoms with van der Waals surface area (Å²) >= 11 is 5.85. The molecule has 0 radical (unpaired) electrons. The van der Waals surface area contributed by atoms with E-state index in [0.717, 1.165) is 13.2 Å². The van der Waals surface area contributed by atoms with Gasteiger partial charge in [0.15, 0.2) is 0 Å². The van der Waals surface area contributed by atoms with E-state index in [1.54, 1.807) is 0 Å². The van der Waals surface area contributed by atoms with Crippen molar-refractivity contribution in [2.45, 2.75) is 0 Å². The van der Waals surface area contributed by atoms with Crippen LogP contribution < -0.4 is 0 Å². The van der Waals surface area contributed by atoms with Crippen molar-refractivity contribution in [2.24, 2.45) is 0 Å². The van der Waals surface area contributed by atoms with Gasteiger partial charge < -0.3 is 9.84 Å². The van der Waals surface area contributed by atoms with Crippen molar-refractivity contribution in [3.63, 3.8) is 0 Å². The van der Waals surface area contributed by atoms with Crippen LogP contribution in [0.4, 0.5) is 4.39 Å². The fourth-order valence-electron chi connectivity index (χ4n) is 1.90. The molecular weight excluding hydrogens is 299 g/mol. The Morgan fingerprint density at radius 2 is 1.81 bits per heavy atom. The lowest BCUT2D eigenvalue weighted by atomic mass is 9.98. The number of hydrogen-bond donors (Lipinski definition) is 1. The highest BCUT2D eigenvalue weighted by Gasteiger charge is 2.16. The Morgan fingerprint density at radius 1 is 1.14 bits per heavy atom. The monoisotopic (exact) mass is 308 g/mol. The molecule has 0 saturated carbocycles. The Kier molecular flexibility index (Phi) is 4.23. The number of carboxylic acids is 1. The number of rotatable bonds is 3. The molecule has 0 aromatic heterocycles. The van der Waals surface area contributed by atoms with Gasteiger partial charge in [-0.1, -0.05) is 17.7 Å². The van der Waals surface area contributed by atoms with Gasteiger partial charge in [-0.15, -0.1) is 0 Å². The Hall–Kier alpha value is -2.40. The second kappa shape index (κ2) is 5.93. The fourth-order valence-corrected chi connectivity index (χ4v) is 2.07. The zero-order valence-corrected chi connectivity index (χ0v) is 11.6. The van der Waals surface area contributed by atoms with E-state index >= 15 is 0 Å². The van der Waals surface area contributed by atoms with Crippen LogP contribution in [0.2, 0.25) is 5.02 Å². The normalized spacial score (nSPS) is 10.2. The summed E-state index contributed by atoms with van der Waals surface area (Å²) in [6.07, 6.45) is 0. The summed E-state index contributed by atoms with van der Waals surface area (Å²) in [6.45, 7) is 0. The number of carbonyl (C=O) groups is 2. The van der Waals surface area contributed by atoms with Crippen LogP contribution in [0.25, 0.3) is 11.1 Å². The number of ether oxygens (including phenoxy) is 1. The predicted molar refractivity (Wildman–Crippen MR) is 75.1 cm³/mol. The van der Waals surface area contributed by atoms with Crippen molar-refractivity contribution in [1.82, 2.24) is 0 Å². The van der Waals surface area contributed by atoms with Gasteiger partial charge in [-0.2, -0.15) is 0 Å². The van der Waals surface area contributed by atoms with Gasteiger partial charge in [0.2, 0.25) is 0 Å². The maximum absolute atomic E-state index is 13.9. The largest absolute Gasteiger partial charge is 0.478 e. The number of esters is 1. The molecule has 2 aromatic rings. The molecule has 0 amide bonds. The summed E-state index contributed by atoms with van der Waals surface area (Å²) in [5.41, 5.74) is 0.343. The smallest absolute Gasteiger partial charge is 0.340 e. The van der Waals surface area contributed by atoms with Gasteiger partial charge in [0.05, 0.1) is 18.2 Å². The van der Waals surface area contributed by atoms with Crippen LogP contribution in [0, 0.1) is 5.82 Å². The molecule has 0 fully saturated rings. The molecule has 0 aliphatic heterocycles. The van der Waals surface area contributed by atoms with Gasteiger partial charge in [-0.25, -0.2) is 14.0 Å². The molecule has 0 heterocycles. The number of halogens is 2. The Balaban J connectivity index is 2.58. The molecule has 21 heavy (non-hydrogen) atoms. The number of benzene rings is 2. The maximum Gasteiger partial charge on any atom is 0.340 e. The van der Waals surface area contributed by atoms with Crippen molar-refractivity contribution in [1.29, 1.82) is 0 Å². The third-order valence-corrected chi connectivity index (χ3v) is 3.13. The van der Waals surface area contributed by atoms with Crippen LogP contribution in [0.15, 0.2) is 36.4 Å². The SMILES string of the molecule is COC(=O)c1ccc(-c2cc(Cl)ccc2C(=O)O)cc1F. The van der Waals surface area contributed by atoms with E-state index in [2.05, 4.69) is 4.74 Å². The van der Waals surface area contributed by atoms with Crippen molar-refractivity contribution >= 4 is 23.5 Å². The number of hydrogen-bond acceptors (Lipinski definition) is 3. The van der Waals surface area contributed by atoms with Gasteiger partial charge in [-0.3, -0.25) is 0 Å². The Bertz CT molecular complexity index is 728. The van der Waals surface area contributed by atoms with Crippen LogP contribution in [-0.4, -0.2) is 24.2 Å². The molecule has 2 aromatic carbocycles. The molecule has 2 rings (SSSR count). The minimum Gasteiger partial charge on any atom is -0.478 e. The summed E-state index contributed by atoms with van der Waals surface area (Å²) in [4.78, 5) is 22.5. The van der Waals surface area contributed by atoms with Crippen LogP contribution in [-0.2, 0) is 4.74 Å². The first-order chi connectivity index (χ1) is 9.93. The first-order valence-electron chi connectivity index (χ1n) is 5.85. The molecule has 0 bridgehead atoms. The van der Waals surface area contributed by atoms with Crippen molar-refractivity contribution < 1.29 is 23.8 Å². The van der Waals surface area contributed by atoms with E-state index in [1.165, 1.54) is 30.3 Å². The average Bonchev–Trinajstić information content (AvgIpc) is 2.45. The topological polar surface area (TPSA) is 63.6 Å². The van der Waals surface area contributed by atoms with Crippen LogP contribution in [0.1, 0.15) is 20.7 Å². The van der Waals surface area contributed by atoms with Gasteiger partial charge in [-0.05, 0) is 41.5 Å². The van der Waals surface area contributed by atoms with E-state index in [0.29, 0.717) is 10.6 Å². The lowest BCUT2D eigenvalue weighted by Crippen LogP contribution is -2.05. The van der Waals surface area contributed by atoms with Gasteiger partial charge >= 0.3 is 11.9 Å². The zero-order valence-electron chi connectivity index (χ0n) is 10.9. The van der Waals surface area contributed by atoms with E-state index in [-0.39, 0.29) is 16.7 Å². The third-order valence-electron chi connectivity index (χ3n) is 2.90. The number of carboxylic acid groups (broad SMARTS) is 1. The maximum atomic E-state index is 13.9. The molecule has 0 saturated heterocycles. The highest BCUT2D eigenvalue weighted by atomic mass is 35.5. The molecule has 0 atom stereocenters. The van der Waals surface area contributed by atoms with Crippen LogP contribution in [0.3, 0.4) is 0 Å². The predicted octanol–water partition coefficient (Wildman–Crippen LogP) is 3.63. The van der Waals surface area contributed by atoms with Crippen molar-refractivity contribution in [3.8, 4) is 11.1 Å². The minimum atomic E-state index is -1.15. The van der Waals surface area contributed by atoms with E-state index in [9.17, 15) is 14.0 Å². The quantitative estimate of drug-likeness (QED) is 0.879. The van der Waals surface area contributed by atoms with Gasteiger partial charge in [0, 0.05) is 5.02 Å². The standard InChI is InChI=1S/C15H10ClFO4/c1-21-15(20)11-4-2-8(6-13(11)17)12-7-9(16)3-5-10(12)14(18)19/h2-7H,1H3,(H,18,19). The van der Waals surface area contributed by atoms with E-state index in [4.69, 9.17) is 16.7 Å². The van der Waals surface area contributed by atoms with Gasteiger partial charge in [0.25, 0.3) is 0 Å². The summed E-state index contributed by atoms with van der Waals surface area (Å²) in [5, 5.41) is 9.48. The van der Waals surface area contributed by atoms with Crippen LogP contribution >= 0.6 is 11.6 Å². The van der Waals surface area contributed by atoms with Crippen LogP contribution in [0.5, 0.6) is 0 Å². The molecular formula is C15H10ClFO4. The highest BCUT2D eigenvalue weighted by molar-refractivity contribution is 6.31. The molecule has 6 heteroatoms. The van der Waals surface area contributed by atoms with E-state index < -0.39 is 17.8 Å². The summed E-state index contributed by atoms with van der Waals surface area (Å²) < 4.78 is 18.4. The third kappa shape index (κ3) is 3.03. The molecule has 0 aliphatic rings. The Labute approximate surface area is 124 Å². The molecule has 4 nitrogen and oxygen atoms in total. The molecule has 1 N–H and O–H groups in total. The molecule has 108 valence electrons. The average molecular weight is 309 g/mol. The lowest BCUT2D eigenvalue weighted by Gasteiger charge is -2.09. The van der Waals surface area contributed by atoms with E-state index in [1.807, 2.05) is 0 Å².